The predicted octanol–water partition coefficient (Wildman–Crippen LogP) is 4.69. The average Bonchev–Trinajstić information content (AvgIpc) is 2.81. The summed E-state index contributed by atoms with van der Waals surface area (Å²) in [6, 6.07) is 11.8. The molecular formula is C16H12ClFN2O. The van der Waals surface area contributed by atoms with Gasteiger partial charge in [-0.1, -0.05) is 35.0 Å². The van der Waals surface area contributed by atoms with Crippen LogP contribution in [0.15, 0.2) is 47.0 Å². The number of nitrogens with two attached hydrogens (primary N) is 1. The van der Waals surface area contributed by atoms with Crippen molar-refractivity contribution in [1.29, 1.82) is 0 Å². The summed E-state index contributed by atoms with van der Waals surface area (Å²) in [5.41, 5.74) is 9.31. The van der Waals surface area contributed by atoms with Crippen molar-refractivity contribution in [3.05, 3.63) is 58.9 Å². The van der Waals surface area contributed by atoms with Crippen molar-refractivity contribution in [3.8, 4) is 22.4 Å². The highest BCUT2D eigenvalue weighted by molar-refractivity contribution is 6.33. The second-order valence-electron chi connectivity index (χ2n) is 4.71. The number of nitrogen functional groups attached to an aromatic ring is 1. The number of anilines is 1. The number of aryl methyl sites for hydroxylation is 1. The fraction of sp³-hybridized carbons (Fsp3) is 0.0625. The maximum atomic E-state index is 13.3. The lowest BCUT2D eigenvalue weighted by molar-refractivity contribution is 0.439. The molecule has 0 saturated heterocycles. The summed E-state index contributed by atoms with van der Waals surface area (Å²) < 4.78 is 18.4. The van der Waals surface area contributed by atoms with Crippen LogP contribution in [0, 0.1) is 12.7 Å². The normalized spacial score (nSPS) is 10.8. The van der Waals surface area contributed by atoms with Crippen LogP contribution in [0.5, 0.6) is 0 Å². The lowest BCUT2D eigenvalue weighted by Gasteiger charge is -2.07. The Labute approximate surface area is 126 Å². The molecule has 2 N–H and O–H groups in total. The molecule has 5 heteroatoms. The Kier molecular flexibility index (Phi) is 3.39. The van der Waals surface area contributed by atoms with Gasteiger partial charge in [0.2, 0.25) is 5.88 Å². The van der Waals surface area contributed by atoms with Crippen molar-refractivity contribution in [2.45, 2.75) is 6.92 Å². The molecule has 0 amide bonds. The lowest BCUT2D eigenvalue weighted by Crippen LogP contribution is -1.91. The molecule has 3 nitrogen and oxygen atoms in total. The number of aromatic nitrogens is 1. The molecular weight excluding hydrogens is 291 g/mol. The van der Waals surface area contributed by atoms with Crippen molar-refractivity contribution in [2.75, 3.05) is 5.73 Å². The molecule has 106 valence electrons. The fourth-order valence-electron chi connectivity index (χ4n) is 2.30. The smallest absolute Gasteiger partial charge is 0.230 e. The Morgan fingerprint density at radius 1 is 1.14 bits per heavy atom. The van der Waals surface area contributed by atoms with Crippen molar-refractivity contribution in [2.24, 2.45) is 0 Å². The molecule has 2 aromatic carbocycles. The number of halogens is 2. The average molecular weight is 303 g/mol. The molecule has 0 unspecified atom stereocenters. The largest absolute Gasteiger partial charge is 0.367 e. The molecule has 0 atom stereocenters. The molecule has 1 aromatic heterocycles. The van der Waals surface area contributed by atoms with Gasteiger partial charge < -0.3 is 10.3 Å². The minimum absolute atomic E-state index is 0.182. The van der Waals surface area contributed by atoms with Crippen LogP contribution in [0.2, 0.25) is 5.02 Å². The summed E-state index contributed by atoms with van der Waals surface area (Å²) in [7, 11) is 0. The Hall–Kier alpha value is -2.33. The highest BCUT2D eigenvalue weighted by Crippen LogP contribution is 2.40. The molecule has 3 rings (SSSR count). The molecule has 0 aliphatic heterocycles. The van der Waals surface area contributed by atoms with Crippen LogP contribution in [-0.4, -0.2) is 5.16 Å². The third-order valence-electron chi connectivity index (χ3n) is 3.31. The molecule has 21 heavy (non-hydrogen) atoms. The standard InChI is InChI=1S/C16H12ClFN2O/c1-9-8-10(18)6-7-11(9)15-14(16(19)21-20-15)12-4-2-3-5-13(12)17/h2-8H,19H2,1H3. The second kappa shape index (κ2) is 5.22. The van der Waals surface area contributed by atoms with Gasteiger partial charge in [0, 0.05) is 16.1 Å². The molecule has 0 radical (unpaired) electrons. The van der Waals surface area contributed by atoms with Gasteiger partial charge in [0.15, 0.2) is 0 Å². The van der Waals surface area contributed by atoms with Gasteiger partial charge in [-0.05, 0) is 36.8 Å². The summed E-state index contributed by atoms with van der Waals surface area (Å²) >= 11 is 6.23. The van der Waals surface area contributed by atoms with Crippen LogP contribution in [0.3, 0.4) is 0 Å². The summed E-state index contributed by atoms with van der Waals surface area (Å²) in [5.74, 6) is -0.117. The van der Waals surface area contributed by atoms with E-state index in [2.05, 4.69) is 5.16 Å². The molecule has 0 spiro atoms. The first-order valence-electron chi connectivity index (χ1n) is 6.34. The summed E-state index contributed by atoms with van der Waals surface area (Å²) in [4.78, 5) is 0. The van der Waals surface area contributed by atoms with Crippen LogP contribution in [0.1, 0.15) is 5.56 Å². The Morgan fingerprint density at radius 3 is 2.62 bits per heavy atom. The van der Waals surface area contributed by atoms with E-state index in [4.69, 9.17) is 21.9 Å². The maximum Gasteiger partial charge on any atom is 0.230 e. The quantitative estimate of drug-likeness (QED) is 0.747. The maximum absolute atomic E-state index is 13.3. The van der Waals surface area contributed by atoms with Crippen LogP contribution in [0.25, 0.3) is 22.4 Å². The van der Waals surface area contributed by atoms with Gasteiger partial charge in [-0.25, -0.2) is 4.39 Å². The van der Waals surface area contributed by atoms with Gasteiger partial charge in [-0.3, -0.25) is 0 Å². The van der Waals surface area contributed by atoms with Crippen molar-refractivity contribution < 1.29 is 8.91 Å². The number of hydrogen-bond donors (Lipinski definition) is 1. The first kappa shape index (κ1) is 13.6. The molecule has 0 aliphatic carbocycles. The molecule has 0 aliphatic rings. The minimum Gasteiger partial charge on any atom is -0.367 e. The predicted molar refractivity (Wildman–Crippen MR) is 81.5 cm³/mol. The molecule has 3 aromatic rings. The first-order valence-corrected chi connectivity index (χ1v) is 6.72. The van der Waals surface area contributed by atoms with E-state index in [1.165, 1.54) is 12.1 Å². The van der Waals surface area contributed by atoms with Gasteiger partial charge in [-0.15, -0.1) is 0 Å². The van der Waals surface area contributed by atoms with E-state index in [1.807, 2.05) is 18.2 Å². The van der Waals surface area contributed by atoms with Gasteiger partial charge in [0.1, 0.15) is 11.5 Å². The summed E-state index contributed by atoms with van der Waals surface area (Å²) in [6.07, 6.45) is 0. The van der Waals surface area contributed by atoms with Crippen molar-refractivity contribution in [1.82, 2.24) is 5.16 Å². The van der Waals surface area contributed by atoms with E-state index in [-0.39, 0.29) is 11.7 Å². The van der Waals surface area contributed by atoms with E-state index < -0.39 is 0 Å². The van der Waals surface area contributed by atoms with Crippen LogP contribution < -0.4 is 5.73 Å². The van der Waals surface area contributed by atoms with Gasteiger partial charge in [-0.2, -0.15) is 0 Å². The van der Waals surface area contributed by atoms with Gasteiger partial charge in [0.25, 0.3) is 0 Å². The fourth-order valence-corrected chi connectivity index (χ4v) is 2.53. The van der Waals surface area contributed by atoms with Crippen LogP contribution in [-0.2, 0) is 0 Å². The Bertz CT molecular complexity index is 814. The topological polar surface area (TPSA) is 52.0 Å². The summed E-state index contributed by atoms with van der Waals surface area (Å²) in [5, 5.41) is 4.56. The third kappa shape index (κ3) is 2.38. The monoisotopic (exact) mass is 302 g/mol. The van der Waals surface area contributed by atoms with Crippen molar-refractivity contribution in [3.63, 3.8) is 0 Å². The highest BCUT2D eigenvalue weighted by atomic mass is 35.5. The van der Waals surface area contributed by atoms with Gasteiger partial charge in [0.05, 0.1) is 5.56 Å². The first-order chi connectivity index (χ1) is 10.1. The minimum atomic E-state index is -0.299. The van der Waals surface area contributed by atoms with E-state index >= 15 is 0 Å². The Balaban J connectivity index is 2.25. The zero-order valence-corrected chi connectivity index (χ0v) is 12.0. The SMILES string of the molecule is Cc1cc(F)ccc1-c1noc(N)c1-c1ccccc1Cl. The van der Waals surface area contributed by atoms with E-state index in [0.29, 0.717) is 16.3 Å². The molecule has 0 fully saturated rings. The second-order valence-corrected chi connectivity index (χ2v) is 5.12. The van der Waals surface area contributed by atoms with Crippen LogP contribution >= 0.6 is 11.6 Å². The van der Waals surface area contributed by atoms with E-state index in [0.717, 1.165) is 16.7 Å². The molecule has 0 bridgehead atoms. The number of rotatable bonds is 2. The number of hydrogen-bond acceptors (Lipinski definition) is 3. The molecule has 1 heterocycles. The Morgan fingerprint density at radius 2 is 1.90 bits per heavy atom. The van der Waals surface area contributed by atoms with E-state index in [9.17, 15) is 4.39 Å². The molecule has 0 saturated carbocycles. The van der Waals surface area contributed by atoms with Crippen molar-refractivity contribution >= 4 is 17.5 Å². The van der Waals surface area contributed by atoms with Gasteiger partial charge >= 0.3 is 0 Å². The third-order valence-corrected chi connectivity index (χ3v) is 3.63. The van der Waals surface area contributed by atoms with E-state index in [1.54, 1.807) is 19.1 Å². The highest BCUT2D eigenvalue weighted by Gasteiger charge is 2.20. The zero-order chi connectivity index (χ0) is 15.0. The number of benzene rings is 2. The number of nitrogens with zero attached hydrogens (tertiary/aromatic N) is 1. The lowest BCUT2D eigenvalue weighted by atomic mass is 9.98. The van der Waals surface area contributed by atoms with Crippen LogP contribution in [0.4, 0.5) is 10.3 Å². The summed E-state index contributed by atoms with van der Waals surface area (Å²) in [6.45, 7) is 1.81. The zero-order valence-electron chi connectivity index (χ0n) is 11.2.